The monoisotopic (exact) mass is 740 g/mol. The summed E-state index contributed by atoms with van der Waals surface area (Å²) < 4.78 is 45.0. The van der Waals surface area contributed by atoms with E-state index in [2.05, 4.69) is 16.6 Å². The highest BCUT2D eigenvalue weighted by Gasteiger charge is 2.54. The Labute approximate surface area is 303 Å². The van der Waals surface area contributed by atoms with Crippen LogP contribution in [0.3, 0.4) is 0 Å². The summed E-state index contributed by atoms with van der Waals surface area (Å²) in [6.07, 6.45) is -6.00. The van der Waals surface area contributed by atoms with E-state index in [0.717, 1.165) is 50.4 Å². The van der Waals surface area contributed by atoms with E-state index in [9.17, 15) is 33.9 Å². The van der Waals surface area contributed by atoms with Crippen molar-refractivity contribution >= 4 is 52.4 Å². The summed E-state index contributed by atoms with van der Waals surface area (Å²) in [5, 5.41) is 10.9. The normalized spacial score (nSPS) is 27.8. The zero-order valence-corrected chi connectivity index (χ0v) is 29.6. The van der Waals surface area contributed by atoms with E-state index in [1.54, 1.807) is 0 Å². The van der Waals surface area contributed by atoms with Gasteiger partial charge in [-0.3, -0.25) is 24.2 Å². The number of aromatic nitrogens is 1. The number of hydrogen-bond donors (Lipinski definition) is 2. The molecule has 0 radical (unpaired) electrons. The Morgan fingerprint density at radius 2 is 1.60 bits per heavy atom. The smallest absolute Gasteiger partial charge is 0.337 e. The van der Waals surface area contributed by atoms with Crippen LogP contribution in [0.5, 0.6) is 0 Å². The molecule has 0 aliphatic carbocycles. The highest BCUT2D eigenvalue weighted by molar-refractivity contribution is 6.08. The Kier molecular flexibility index (Phi) is 12.0. The van der Waals surface area contributed by atoms with Crippen LogP contribution in [0.4, 0.5) is 0 Å². The second kappa shape index (κ2) is 16.4. The first kappa shape index (κ1) is 38.7. The Bertz CT molecular complexity index is 1850. The van der Waals surface area contributed by atoms with Crippen molar-refractivity contribution in [2.75, 3.05) is 13.7 Å². The number of hydrogen-bond acceptors (Lipinski definition) is 15. The second-order valence-corrected chi connectivity index (χ2v) is 12.6. The van der Waals surface area contributed by atoms with Crippen LogP contribution in [-0.4, -0.2) is 108 Å². The van der Waals surface area contributed by atoms with Gasteiger partial charge in [-0.2, -0.15) is 0 Å². The van der Waals surface area contributed by atoms with Gasteiger partial charge in [0.05, 0.1) is 30.4 Å². The minimum Gasteiger partial charge on any atom is -0.480 e. The molecule has 5 rings (SSSR count). The summed E-state index contributed by atoms with van der Waals surface area (Å²) in [4.78, 5) is 81.9. The highest BCUT2D eigenvalue weighted by Crippen LogP contribution is 2.40. The molecular formula is C36H40N2O15. The van der Waals surface area contributed by atoms with Crippen molar-refractivity contribution in [1.82, 2.24) is 4.98 Å². The number of rotatable bonds is 12. The zero-order chi connectivity index (χ0) is 38.6. The van der Waals surface area contributed by atoms with Crippen molar-refractivity contribution in [3.8, 4) is 0 Å². The maximum absolute atomic E-state index is 13.1. The first-order valence-corrected chi connectivity index (χ1v) is 16.6. The number of ether oxygens (including phenoxy) is 8. The number of carbonyl (C=O) groups is 6. The van der Waals surface area contributed by atoms with Crippen LogP contribution in [0.15, 0.2) is 53.7 Å². The van der Waals surface area contributed by atoms with Gasteiger partial charge in [-0.25, -0.2) is 9.59 Å². The minimum atomic E-state index is -1.61. The molecule has 0 saturated carbocycles. The van der Waals surface area contributed by atoms with Gasteiger partial charge < -0.3 is 48.0 Å². The molecule has 2 N–H and O–H groups in total. The number of benzene rings is 1. The predicted octanol–water partition coefficient (Wildman–Crippen LogP) is 2.29. The molecule has 0 spiro atoms. The number of H-pyrrole nitrogens is 1. The molecule has 9 atom stereocenters. The highest BCUT2D eigenvalue weighted by atomic mass is 16.8. The summed E-state index contributed by atoms with van der Waals surface area (Å²) in [6, 6.07) is 6.32. The Balaban J connectivity index is 1.54. The van der Waals surface area contributed by atoms with Gasteiger partial charge in [-0.05, 0) is 18.1 Å². The summed E-state index contributed by atoms with van der Waals surface area (Å²) >= 11 is 0. The van der Waals surface area contributed by atoms with Crippen molar-refractivity contribution in [3.05, 3.63) is 60.0 Å². The molecule has 4 heterocycles. The Hall–Kier alpha value is -5.55. The zero-order valence-electron chi connectivity index (χ0n) is 29.6. The van der Waals surface area contributed by atoms with Crippen molar-refractivity contribution in [3.63, 3.8) is 0 Å². The van der Waals surface area contributed by atoms with Crippen LogP contribution >= 0.6 is 0 Å². The molecule has 0 unspecified atom stereocenters. The van der Waals surface area contributed by atoms with Crippen LogP contribution in [0, 0.1) is 11.8 Å². The van der Waals surface area contributed by atoms with E-state index in [-0.39, 0.29) is 18.4 Å². The van der Waals surface area contributed by atoms with E-state index >= 15 is 0 Å². The SMILES string of the molecule is C=C[C@H]1[C@H](O[C@@H]2O[C@H](COC(C)=O)[C@@H](OC(C)=O)[C@H](OC(C)=O)[C@H]2OC(C)=O)OC=C(C(=O)OC)[C@H]1CC1=N[C@H](C(=O)O)Cc2c1[nH]c1ccccc21. The third-order valence-corrected chi connectivity index (χ3v) is 8.93. The summed E-state index contributed by atoms with van der Waals surface area (Å²) in [5.41, 5.74) is 2.58. The van der Waals surface area contributed by atoms with E-state index < -0.39 is 97.3 Å². The maximum atomic E-state index is 13.1. The molecule has 1 fully saturated rings. The fourth-order valence-electron chi connectivity index (χ4n) is 6.76. The third-order valence-electron chi connectivity index (χ3n) is 8.93. The molecule has 17 heteroatoms. The number of carboxylic acids is 1. The van der Waals surface area contributed by atoms with Crippen LogP contribution in [0.25, 0.3) is 10.9 Å². The lowest BCUT2D eigenvalue weighted by Crippen LogP contribution is -2.63. The quantitative estimate of drug-likeness (QED) is 0.181. The standard InChI is InChI=1S/C36H40N2O15/c1-7-20-22(12-26-29-23(13-27(37-26)33(43)44)21-10-8-9-11-25(21)38-29)24(34(45)46-6)14-48-35(20)53-36-32(51-19(5)42)31(50-18(4)41)30(49-17(3)40)28(52-36)15-47-16(2)39/h7-11,14,20,22,27-28,30-32,35-36,38H,1,12-13,15H2,2-6H3,(H,43,44)/t20-,22+,27+,28-,30-,31+,32-,35+,36+/m1/s1. The maximum Gasteiger partial charge on any atom is 0.337 e. The molecule has 3 aliphatic rings. The Morgan fingerprint density at radius 1 is 0.943 bits per heavy atom. The lowest BCUT2D eigenvalue weighted by atomic mass is 9.79. The summed E-state index contributed by atoms with van der Waals surface area (Å²) in [5.74, 6) is -6.77. The fraction of sp³-hybridized carbons (Fsp3) is 0.472. The number of fused-ring (bicyclic) bond motifs is 3. The second-order valence-electron chi connectivity index (χ2n) is 12.6. The lowest BCUT2D eigenvalue weighted by molar-refractivity contribution is -0.342. The number of carboxylic acid groups (broad SMARTS) is 1. The number of carbonyl (C=O) groups excluding carboxylic acids is 5. The molecule has 2 aromatic rings. The number of aromatic amines is 1. The molecule has 17 nitrogen and oxygen atoms in total. The first-order valence-electron chi connectivity index (χ1n) is 16.6. The van der Waals surface area contributed by atoms with Crippen molar-refractivity contribution < 1.29 is 71.8 Å². The van der Waals surface area contributed by atoms with Crippen LogP contribution in [-0.2, 0) is 73.1 Å². The third kappa shape index (κ3) is 8.58. The molecule has 284 valence electrons. The molecular weight excluding hydrogens is 700 g/mol. The summed E-state index contributed by atoms with van der Waals surface area (Å²) in [7, 11) is 1.19. The number of methoxy groups -OCH3 is 1. The van der Waals surface area contributed by atoms with Crippen LogP contribution in [0.1, 0.15) is 45.4 Å². The predicted molar refractivity (Wildman–Crippen MR) is 180 cm³/mol. The first-order chi connectivity index (χ1) is 25.2. The van der Waals surface area contributed by atoms with E-state index in [1.807, 2.05) is 24.3 Å². The lowest BCUT2D eigenvalue weighted by Gasteiger charge is -2.46. The Morgan fingerprint density at radius 3 is 2.23 bits per heavy atom. The largest absolute Gasteiger partial charge is 0.480 e. The van der Waals surface area contributed by atoms with E-state index in [4.69, 9.17) is 37.9 Å². The average Bonchev–Trinajstić information content (AvgIpc) is 3.48. The van der Waals surface area contributed by atoms with Gasteiger partial charge >= 0.3 is 35.8 Å². The number of nitrogens with zero attached hydrogens (tertiary/aromatic N) is 1. The van der Waals surface area contributed by atoms with E-state index in [0.29, 0.717) is 11.4 Å². The molecule has 3 aliphatic heterocycles. The van der Waals surface area contributed by atoms with Gasteiger partial charge in [-0.15, -0.1) is 6.58 Å². The molecule has 0 bridgehead atoms. The molecule has 1 saturated heterocycles. The molecule has 0 amide bonds. The topological polar surface area (TPSA) is 225 Å². The van der Waals surface area contributed by atoms with Gasteiger partial charge in [0.15, 0.2) is 24.4 Å². The van der Waals surface area contributed by atoms with Gasteiger partial charge in [0, 0.05) is 56.9 Å². The average molecular weight is 741 g/mol. The van der Waals surface area contributed by atoms with Crippen molar-refractivity contribution in [1.29, 1.82) is 0 Å². The van der Waals surface area contributed by atoms with Gasteiger partial charge in [0.2, 0.25) is 12.6 Å². The number of aliphatic carboxylic acids is 1. The van der Waals surface area contributed by atoms with Crippen LogP contribution < -0.4 is 0 Å². The molecule has 53 heavy (non-hydrogen) atoms. The van der Waals surface area contributed by atoms with Gasteiger partial charge in [0.25, 0.3) is 0 Å². The number of nitrogens with one attached hydrogen (secondary N) is 1. The van der Waals surface area contributed by atoms with Crippen LogP contribution in [0.2, 0.25) is 0 Å². The van der Waals surface area contributed by atoms with Crippen molar-refractivity contribution in [2.24, 2.45) is 16.8 Å². The molecule has 1 aromatic heterocycles. The minimum absolute atomic E-state index is 0.0109. The van der Waals surface area contributed by atoms with Gasteiger partial charge in [0.1, 0.15) is 12.7 Å². The number of para-hydroxylation sites is 1. The molecule has 1 aromatic carbocycles. The van der Waals surface area contributed by atoms with E-state index in [1.165, 1.54) is 13.2 Å². The summed E-state index contributed by atoms with van der Waals surface area (Å²) in [6.45, 7) is 7.89. The number of esters is 5. The van der Waals surface area contributed by atoms with Gasteiger partial charge in [-0.1, -0.05) is 24.3 Å². The van der Waals surface area contributed by atoms with Crippen molar-refractivity contribution in [2.45, 2.75) is 83.6 Å². The number of aliphatic imine (C=N–C) groups is 1. The fourth-order valence-corrected chi connectivity index (χ4v) is 6.76.